The fraction of sp³-hybridized carbons (Fsp3) is 0.375. The van der Waals surface area contributed by atoms with Crippen molar-refractivity contribution in [3.63, 3.8) is 0 Å². The van der Waals surface area contributed by atoms with E-state index in [4.69, 9.17) is 37.4 Å². The molecule has 4 heterocycles. The number of benzene rings is 3. The number of carbonyl (C=O) groups is 2. The minimum absolute atomic E-state index is 0. The number of fused-ring (bicyclic) bond motifs is 3. The number of rotatable bonds is 15. The molecule has 0 aliphatic carbocycles. The minimum Gasteiger partial charge on any atom is -0.870 e. The monoisotopic (exact) mass is 803 g/mol. The van der Waals surface area contributed by atoms with Crippen LogP contribution in [0.2, 0.25) is 10.0 Å². The van der Waals surface area contributed by atoms with E-state index in [-0.39, 0.29) is 59.2 Å². The zero-order chi connectivity index (χ0) is 38.4. The summed E-state index contributed by atoms with van der Waals surface area (Å²) in [4.78, 5) is 32.6. The van der Waals surface area contributed by atoms with Gasteiger partial charge < -0.3 is 24.4 Å². The smallest absolute Gasteiger partial charge is 0.387 e. The predicted molar refractivity (Wildman–Crippen MR) is 197 cm³/mol. The molecule has 3 fully saturated rings. The lowest BCUT2D eigenvalue weighted by Crippen LogP contribution is -2.52. The molecule has 294 valence electrons. The Morgan fingerprint density at radius 2 is 1.67 bits per heavy atom. The molecule has 3 N–H and O–H groups in total. The molecular formula is C40H42Cl2F3N3O7. The van der Waals surface area contributed by atoms with Crippen LogP contribution < -0.4 is 19.8 Å². The lowest BCUT2D eigenvalue weighted by atomic mass is 9.86. The van der Waals surface area contributed by atoms with Crippen LogP contribution in [0.5, 0.6) is 11.5 Å². The van der Waals surface area contributed by atoms with Crippen LogP contribution in [0.4, 0.5) is 13.2 Å². The number of aromatic amines is 1. The number of ether oxygens (including phenoxy) is 4. The molecular weight excluding hydrogens is 762 g/mol. The normalized spacial score (nSPS) is 18.7. The molecule has 7 rings (SSSR count). The van der Waals surface area contributed by atoms with Gasteiger partial charge in [0.1, 0.15) is 34.1 Å². The minimum atomic E-state index is -3.09. The summed E-state index contributed by atoms with van der Waals surface area (Å²) in [6.45, 7) is 3.09. The maximum absolute atomic E-state index is 15.1. The number of hydrogen-bond donors (Lipinski definition) is 1. The lowest BCUT2D eigenvalue weighted by molar-refractivity contribution is -0.377. The second kappa shape index (κ2) is 19.0. The summed E-state index contributed by atoms with van der Waals surface area (Å²) in [5.74, 6) is -1.69. The van der Waals surface area contributed by atoms with E-state index in [2.05, 4.69) is 19.9 Å². The van der Waals surface area contributed by atoms with Gasteiger partial charge in [0.25, 0.3) is 0 Å². The van der Waals surface area contributed by atoms with Crippen LogP contribution in [0, 0.1) is 11.7 Å². The van der Waals surface area contributed by atoms with E-state index in [0.717, 1.165) is 25.9 Å². The van der Waals surface area contributed by atoms with Crippen molar-refractivity contribution >= 4 is 35.1 Å². The maximum atomic E-state index is 15.1. The maximum Gasteiger partial charge on any atom is 0.387 e. The van der Waals surface area contributed by atoms with Crippen molar-refractivity contribution in [3.05, 3.63) is 123 Å². The number of piperidine rings is 3. The first-order chi connectivity index (χ1) is 25.9. The molecule has 4 aromatic rings. The van der Waals surface area contributed by atoms with Crippen molar-refractivity contribution in [1.82, 2.24) is 10.2 Å². The molecule has 1 unspecified atom stereocenters. The lowest BCUT2D eigenvalue weighted by Gasteiger charge is -2.44. The number of nitrogens with one attached hydrogen (secondary N) is 2. The van der Waals surface area contributed by atoms with Gasteiger partial charge >= 0.3 is 18.6 Å². The highest BCUT2D eigenvalue weighted by Gasteiger charge is 2.38. The average molecular weight is 805 g/mol. The van der Waals surface area contributed by atoms with Crippen LogP contribution in [0.25, 0.3) is 0 Å². The zero-order valence-corrected chi connectivity index (χ0v) is 31.7. The molecule has 3 aliphatic heterocycles. The highest BCUT2D eigenvalue weighted by Crippen LogP contribution is 2.37. The Morgan fingerprint density at radius 1 is 0.945 bits per heavy atom. The Bertz CT molecular complexity index is 1930. The van der Waals surface area contributed by atoms with Crippen LogP contribution in [0.15, 0.2) is 79.1 Å². The van der Waals surface area contributed by atoms with Gasteiger partial charge in [0.05, 0.1) is 11.7 Å². The first-order valence-electron chi connectivity index (χ1n) is 17.7. The van der Waals surface area contributed by atoms with Gasteiger partial charge in [-0.05, 0) is 87.2 Å². The van der Waals surface area contributed by atoms with E-state index in [1.165, 1.54) is 36.7 Å². The Balaban J connectivity index is 0.00000580. The molecule has 3 aliphatic rings. The Kier molecular flexibility index (Phi) is 14.4. The number of carbonyl (C=O) groups excluding carboxylic acids is 2. The third-order valence-corrected chi connectivity index (χ3v) is 10.2. The van der Waals surface area contributed by atoms with Gasteiger partial charge in [0, 0.05) is 30.6 Å². The van der Waals surface area contributed by atoms with Crippen molar-refractivity contribution in [3.8, 4) is 11.5 Å². The number of H-pyrrole nitrogens is 1. The molecule has 0 saturated carbocycles. The summed E-state index contributed by atoms with van der Waals surface area (Å²) < 4.78 is 64.0. The number of hydrogen-bond acceptors (Lipinski definition) is 9. The van der Waals surface area contributed by atoms with E-state index in [1.807, 2.05) is 0 Å². The van der Waals surface area contributed by atoms with Gasteiger partial charge in [0.2, 0.25) is 0 Å². The molecule has 0 amide bonds. The molecule has 0 spiro atoms. The Hall–Kier alpha value is -4.40. The van der Waals surface area contributed by atoms with Crippen molar-refractivity contribution < 1.29 is 52.2 Å². The van der Waals surface area contributed by atoms with Gasteiger partial charge in [-0.15, -0.1) is 0 Å². The SMILES string of the molecule is CC(C)Oc1cc([C@H](Cc2c(Cl)c[nH+]cc2Cl)OC(=O)c2cccc(CNC(C(=O)O[C@H]3CN4CCC3CC4)c3ccccc3F)c2)ccc1OC(F)F.[OH-]. The standard InChI is InChI=1S/C40H40Cl2F3N3O6.H2O/c1-23(2)51-35-17-26(10-11-33(35)54-40(44)45)34(18-29-30(41)20-46-21-31(29)42)52-38(49)27-7-5-6-24(16-27)19-47-37(28-8-3-4-9-32(28)43)39(50)53-36-22-48-14-12-25(36)13-15-48;/h3-11,16-17,20-21,23,25,34,36-37,40,47H,12-15,18-19,22H2,1-2H3;1H2/t34-,36-,37?;/m0./s1. The zero-order valence-electron chi connectivity index (χ0n) is 30.2. The summed E-state index contributed by atoms with van der Waals surface area (Å²) in [5, 5.41) is 3.74. The largest absolute Gasteiger partial charge is 0.870 e. The topological polar surface area (TPSA) is 130 Å². The highest BCUT2D eigenvalue weighted by molar-refractivity contribution is 6.35. The molecule has 15 heteroatoms. The fourth-order valence-electron chi connectivity index (χ4n) is 6.87. The van der Waals surface area contributed by atoms with Crippen molar-refractivity contribution in [2.45, 2.75) is 70.6 Å². The van der Waals surface area contributed by atoms with Gasteiger partial charge in [0.15, 0.2) is 23.9 Å². The van der Waals surface area contributed by atoms with Crippen LogP contribution in [0.1, 0.15) is 71.4 Å². The Labute approximate surface area is 327 Å². The van der Waals surface area contributed by atoms with E-state index in [1.54, 1.807) is 56.3 Å². The molecule has 0 radical (unpaired) electrons. The second-order valence-electron chi connectivity index (χ2n) is 13.6. The Morgan fingerprint density at radius 3 is 2.33 bits per heavy atom. The van der Waals surface area contributed by atoms with E-state index in [9.17, 15) is 18.4 Å². The quantitative estimate of drug-likeness (QED) is 0.120. The molecule has 55 heavy (non-hydrogen) atoms. The number of pyridine rings is 1. The van der Waals surface area contributed by atoms with Gasteiger partial charge in [-0.2, -0.15) is 8.78 Å². The first-order valence-corrected chi connectivity index (χ1v) is 18.5. The van der Waals surface area contributed by atoms with Crippen LogP contribution in [0.3, 0.4) is 0 Å². The fourth-order valence-corrected chi connectivity index (χ4v) is 7.40. The summed E-state index contributed by atoms with van der Waals surface area (Å²) >= 11 is 13.0. The summed E-state index contributed by atoms with van der Waals surface area (Å²) in [5.41, 5.74) is 1.85. The molecule has 2 bridgehead atoms. The number of alkyl halides is 2. The van der Waals surface area contributed by atoms with Gasteiger partial charge in [-0.3, -0.25) is 10.2 Å². The van der Waals surface area contributed by atoms with Crippen molar-refractivity contribution in [1.29, 1.82) is 0 Å². The van der Waals surface area contributed by atoms with Crippen LogP contribution in [-0.2, 0) is 27.2 Å². The summed E-state index contributed by atoms with van der Waals surface area (Å²) in [6.07, 6.45) is 3.36. The second-order valence-corrected chi connectivity index (χ2v) is 14.4. The molecule has 10 nitrogen and oxygen atoms in total. The first kappa shape index (κ1) is 41.8. The third kappa shape index (κ3) is 10.7. The van der Waals surface area contributed by atoms with Crippen LogP contribution in [-0.4, -0.2) is 60.8 Å². The predicted octanol–water partition coefficient (Wildman–Crippen LogP) is 7.77. The molecule has 3 aromatic carbocycles. The molecule has 1 aromatic heterocycles. The third-order valence-electron chi connectivity index (χ3n) is 9.54. The number of aromatic nitrogens is 1. The van der Waals surface area contributed by atoms with Crippen LogP contribution >= 0.6 is 23.2 Å². The average Bonchev–Trinajstić information content (AvgIpc) is 3.14. The van der Waals surface area contributed by atoms with E-state index >= 15 is 4.39 Å². The van der Waals surface area contributed by atoms with Crippen molar-refractivity contribution in [2.24, 2.45) is 5.92 Å². The number of esters is 2. The highest BCUT2D eigenvalue weighted by atomic mass is 35.5. The number of nitrogens with zero attached hydrogens (tertiary/aromatic N) is 1. The number of halogens is 5. The van der Waals surface area contributed by atoms with Gasteiger partial charge in [-0.1, -0.05) is 59.6 Å². The molecule has 3 saturated heterocycles. The van der Waals surface area contributed by atoms with E-state index in [0.29, 0.717) is 33.3 Å². The molecule has 3 atom stereocenters. The summed E-state index contributed by atoms with van der Waals surface area (Å²) in [6, 6.07) is 15.9. The van der Waals surface area contributed by atoms with Crippen molar-refractivity contribution in [2.75, 3.05) is 19.6 Å². The van der Waals surface area contributed by atoms with E-state index < -0.39 is 36.5 Å². The summed E-state index contributed by atoms with van der Waals surface area (Å²) in [7, 11) is 0. The van der Waals surface area contributed by atoms with Gasteiger partial charge in [-0.25, -0.2) is 19.0 Å².